The highest BCUT2D eigenvalue weighted by Gasteiger charge is 2.16. The molecule has 0 spiro atoms. The summed E-state index contributed by atoms with van der Waals surface area (Å²) in [5, 5.41) is 0. The number of furan rings is 1. The molecule has 0 saturated heterocycles. The van der Waals surface area contributed by atoms with Crippen LogP contribution in [-0.2, 0) is 6.42 Å². The quantitative estimate of drug-likeness (QED) is 0.755. The van der Waals surface area contributed by atoms with Gasteiger partial charge in [0, 0.05) is 6.42 Å². The first-order chi connectivity index (χ1) is 8.11. The lowest BCUT2D eigenvalue weighted by Gasteiger charge is -2.07. The maximum absolute atomic E-state index is 13.1. The molecule has 0 fully saturated rings. The Kier molecular flexibility index (Phi) is 3.62. The molecule has 0 aliphatic carbocycles. The second-order valence-corrected chi connectivity index (χ2v) is 4.61. The standard InChI is InChI=1S/C13H11BrF2O/c1-2-9-4-6-12(17-9)13(14)8-3-5-10(15)11(16)7-8/h3-7,13H,2H2,1H3. The van der Waals surface area contributed by atoms with Crippen LogP contribution in [0.25, 0.3) is 0 Å². The Morgan fingerprint density at radius 2 is 1.94 bits per heavy atom. The first-order valence-electron chi connectivity index (χ1n) is 5.29. The molecular formula is C13H11BrF2O. The summed E-state index contributed by atoms with van der Waals surface area (Å²) in [5.74, 6) is -0.142. The van der Waals surface area contributed by atoms with Gasteiger partial charge in [-0.2, -0.15) is 0 Å². The van der Waals surface area contributed by atoms with E-state index in [1.807, 2.05) is 19.1 Å². The van der Waals surface area contributed by atoms with Gasteiger partial charge in [-0.25, -0.2) is 8.78 Å². The van der Waals surface area contributed by atoms with Crippen LogP contribution in [-0.4, -0.2) is 0 Å². The van der Waals surface area contributed by atoms with Gasteiger partial charge in [-0.1, -0.05) is 28.9 Å². The van der Waals surface area contributed by atoms with Crippen molar-refractivity contribution in [3.05, 3.63) is 59.1 Å². The lowest BCUT2D eigenvalue weighted by molar-refractivity contribution is 0.475. The largest absolute Gasteiger partial charge is 0.465 e. The molecular weight excluding hydrogens is 290 g/mol. The number of alkyl halides is 1. The fourth-order valence-electron chi connectivity index (χ4n) is 1.56. The zero-order valence-electron chi connectivity index (χ0n) is 9.21. The third kappa shape index (κ3) is 2.57. The fraction of sp³-hybridized carbons (Fsp3) is 0.231. The van der Waals surface area contributed by atoms with Gasteiger partial charge in [0.1, 0.15) is 11.5 Å². The SMILES string of the molecule is CCc1ccc(C(Br)c2ccc(F)c(F)c2)o1. The molecule has 90 valence electrons. The maximum atomic E-state index is 13.1. The average molecular weight is 301 g/mol. The number of aryl methyl sites for hydroxylation is 1. The number of hydrogen-bond donors (Lipinski definition) is 0. The highest BCUT2D eigenvalue weighted by atomic mass is 79.9. The normalized spacial score (nSPS) is 12.7. The zero-order valence-corrected chi connectivity index (χ0v) is 10.8. The fourth-order valence-corrected chi connectivity index (χ4v) is 2.09. The first kappa shape index (κ1) is 12.3. The van der Waals surface area contributed by atoms with Gasteiger partial charge >= 0.3 is 0 Å². The molecule has 1 heterocycles. The van der Waals surface area contributed by atoms with Gasteiger partial charge in [0.25, 0.3) is 0 Å². The topological polar surface area (TPSA) is 13.1 Å². The molecule has 1 atom stereocenters. The number of rotatable bonds is 3. The molecule has 17 heavy (non-hydrogen) atoms. The van der Waals surface area contributed by atoms with Gasteiger partial charge in [0.2, 0.25) is 0 Å². The van der Waals surface area contributed by atoms with Crippen molar-refractivity contribution in [2.75, 3.05) is 0 Å². The molecule has 0 aliphatic rings. The second-order valence-electron chi connectivity index (χ2n) is 3.69. The summed E-state index contributed by atoms with van der Waals surface area (Å²) < 4.78 is 31.5. The predicted octanol–water partition coefficient (Wildman–Crippen LogP) is 4.60. The molecule has 0 radical (unpaired) electrons. The first-order valence-corrected chi connectivity index (χ1v) is 6.21. The van der Waals surface area contributed by atoms with E-state index in [2.05, 4.69) is 15.9 Å². The van der Waals surface area contributed by atoms with Crippen molar-refractivity contribution in [1.82, 2.24) is 0 Å². The minimum absolute atomic E-state index is 0.266. The van der Waals surface area contributed by atoms with E-state index in [4.69, 9.17) is 4.42 Å². The molecule has 1 nitrogen and oxygen atoms in total. The number of halogens is 3. The van der Waals surface area contributed by atoms with E-state index in [1.165, 1.54) is 12.1 Å². The molecule has 0 aliphatic heterocycles. The molecule has 0 N–H and O–H groups in total. The van der Waals surface area contributed by atoms with E-state index in [0.29, 0.717) is 11.3 Å². The second kappa shape index (κ2) is 5.00. The van der Waals surface area contributed by atoms with Gasteiger partial charge in [0.05, 0.1) is 4.83 Å². The van der Waals surface area contributed by atoms with E-state index in [1.54, 1.807) is 0 Å². The van der Waals surface area contributed by atoms with Crippen molar-refractivity contribution in [3.63, 3.8) is 0 Å². The summed E-state index contributed by atoms with van der Waals surface area (Å²) in [7, 11) is 0. The van der Waals surface area contributed by atoms with Crippen LogP contribution in [0.15, 0.2) is 34.7 Å². The highest BCUT2D eigenvalue weighted by Crippen LogP contribution is 2.32. The Morgan fingerprint density at radius 3 is 2.53 bits per heavy atom. The van der Waals surface area contributed by atoms with Crippen LogP contribution in [0.2, 0.25) is 0 Å². The van der Waals surface area contributed by atoms with E-state index in [-0.39, 0.29) is 4.83 Å². The van der Waals surface area contributed by atoms with Gasteiger partial charge in [-0.15, -0.1) is 0 Å². The molecule has 0 saturated carbocycles. The number of hydrogen-bond acceptors (Lipinski definition) is 1. The summed E-state index contributed by atoms with van der Waals surface area (Å²) in [6, 6.07) is 7.53. The van der Waals surface area contributed by atoms with Gasteiger partial charge < -0.3 is 4.42 Å². The minimum atomic E-state index is -0.853. The van der Waals surface area contributed by atoms with Crippen molar-refractivity contribution in [3.8, 4) is 0 Å². The molecule has 1 aromatic carbocycles. The van der Waals surface area contributed by atoms with E-state index in [0.717, 1.165) is 18.2 Å². The monoisotopic (exact) mass is 300 g/mol. The Bertz CT molecular complexity index is 522. The third-order valence-electron chi connectivity index (χ3n) is 2.52. The lowest BCUT2D eigenvalue weighted by Crippen LogP contribution is -1.93. The van der Waals surface area contributed by atoms with Crippen molar-refractivity contribution in [1.29, 1.82) is 0 Å². The van der Waals surface area contributed by atoms with Crippen molar-refractivity contribution < 1.29 is 13.2 Å². The van der Waals surface area contributed by atoms with Gasteiger partial charge in [-0.3, -0.25) is 0 Å². The Morgan fingerprint density at radius 1 is 1.18 bits per heavy atom. The van der Waals surface area contributed by atoms with Crippen LogP contribution in [0.3, 0.4) is 0 Å². The van der Waals surface area contributed by atoms with E-state index >= 15 is 0 Å². The molecule has 1 unspecified atom stereocenters. The third-order valence-corrected chi connectivity index (χ3v) is 3.50. The smallest absolute Gasteiger partial charge is 0.159 e. The van der Waals surface area contributed by atoms with Crippen LogP contribution >= 0.6 is 15.9 Å². The summed E-state index contributed by atoms with van der Waals surface area (Å²) in [6.07, 6.45) is 0.803. The van der Waals surface area contributed by atoms with Crippen LogP contribution in [0, 0.1) is 11.6 Å². The van der Waals surface area contributed by atoms with E-state index in [9.17, 15) is 8.78 Å². The molecule has 2 rings (SSSR count). The maximum Gasteiger partial charge on any atom is 0.159 e. The molecule has 1 aromatic heterocycles. The van der Waals surface area contributed by atoms with Crippen molar-refractivity contribution >= 4 is 15.9 Å². The molecule has 2 aromatic rings. The lowest BCUT2D eigenvalue weighted by atomic mass is 10.1. The van der Waals surface area contributed by atoms with Gasteiger partial charge in [0.15, 0.2) is 11.6 Å². The van der Waals surface area contributed by atoms with Crippen LogP contribution in [0.1, 0.15) is 28.8 Å². The van der Waals surface area contributed by atoms with Crippen molar-refractivity contribution in [2.24, 2.45) is 0 Å². The highest BCUT2D eigenvalue weighted by molar-refractivity contribution is 9.09. The average Bonchev–Trinajstić information content (AvgIpc) is 2.80. The van der Waals surface area contributed by atoms with Crippen LogP contribution in [0.4, 0.5) is 8.78 Å². The summed E-state index contributed by atoms with van der Waals surface area (Å²) in [5.41, 5.74) is 0.626. The Hall–Kier alpha value is -1.16. The molecule has 0 bridgehead atoms. The Labute approximate surface area is 107 Å². The van der Waals surface area contributed by atoms with Crippen LogP contribution in [0.5, 0.6) is 0 Å². The number of benzene rings is 1. The molecule has 4 heteroatoms. The predicted molar refractivity (Wildman–Crippen MR) is 65.2 cm³/mol. The molecule has 0 amide bonds. The Balaban J connectivity index is 2.29. The van der Waals surface area contributed by atoms with E-state index < -0.39 is 11.6 Å². The summed E-state index contributed by atoms with van der Waals surface area (Å²) in [4.78, 5) is -0.266. The van der Waals surface area contributed by atoms with Crippen molar-refractivity contribution in [2.45, 2.75) is 18.2 Å². The minimum Gasteiger partial charge on any atom is -0.465 e. The van der Waals surface area contributed by atoms with Gasteiger partial charge in [-0.05, 0) is 29.8 Å². The summed E-state index contributed by atoms with van der Waals surface area (Å²) in [6.45, 7) is 1.99. The zero-order chi connectivity index (χ0) is 12.4. The van der Waals surface area contributed by atoms with Crippen LogP contribution < -0.4 is 0 Å². The summed E-state index contributed by atoms with van der Waals surface area (Å²) >= 11 is 3.41.